The van der Waals surface area contributed by atoms with Crippen molar-refractivity contribution in [1.82, 2.24) is 20.3 Å². The standard InChI is InChI=1S/C28H30FN5/c1-18-14-20-4-5-21(15-23(20)28(18)10-2-3-11-28)26-24(29)17-32-27(34-26)33-25-7-6-22(16-31-25)19-8-12-30-13-9-19/h4-7,14-17,19,30H,2-3,8-13H2,1H3,(H,31,32,33,34). The molecule has 3 aromatic rings. The minimum absolute atomic E-state index is 0.121. The summed E-state index contributed by atoms with van der Waals surface area (Å²) in [4.78, 5) is 13.3. The van der Waals surface area contributed by atoms with Crippen LogP contribution in [0.4, 0.5) is 16.2 Å². The summed E-state index contributed by atoms with van der Waals surface area (Å²) in [6.45, 7) is 4.34. The minimum Gasteiger partial charge on any atom is -0.317 e. The molecule has 2 aromatic heterocycles. The fourth-order valence-electron chi connectivity index (χ4n) is 6.09. The van der Waals surface area contributed by atoms with Gasteiger partial charge >= 0.3 is 0 Å². The van der Waals surface area contributed by atoms with Crippen molar-refractivity contribution in [3.05, 3.63) is 70.8 Å². The first-order valence-corrected chi connectivity index (χ1v) is 12.4. The van der Waals surface area contributed by atoms with Crippen LogP contribution in [0.2, 0.25) is 0 Å². The van der Waals surface area contributed by atoms with Crippen molar-refractivity contribution in [3.8, 4) is 11.3 Å². The number of benzene rings is 1. The monoisotopic (exact) mass is 455 g/mol. The van der Waals surface area contributed by atoms with E-state index in [1.807, 2.05) is 18.3 Å². The number of hydrogen-bond acceptors (Lipinski definition) is 5. The molecule has 2 aliphatic carbocycles. The molecule has 34 heavy (non-hydrogen) atoms. The van der Waals surface area contributed by atoms with Crippen LogP contribution in [0.15, 0.2) is 48.3 Å². The van der Waals surface area contributed by atoms with Crippen molar-refractivity contribution in [2.45, 2.75) is 56.8 Å². The van der Waals surface area contributed by atoms with Crippen LogP contribution >= 0.6 is 0 Å². The first-order valence-electron chi connectivity index (χ1n) is 12.4. The maximum absolute atomic E-state index is 14.9. The van der Waals surface area contributed by atoms with E-state index in [4.69, 9.17) is 0 Å². The van der Waals surface area contributed by atoms with E-state index >= 15 is 0 Å². The summed E-state index contributed by atoms with van der Waals surface area (Å²) >= 11 is 0. The van der Waals surface area contributed by atoms with Gasteiger partial charge < -0.3 is 10.6 Å². The molecule has 2 N–H and O–H groups in total. The Kier molecular flexibility index (Phi) is 5.41. The fourth-order valence-corrected chi connectivity index (χ4v) is 6.09. The maximum Gasteiger partial charge on any atom is 0.229 e. The molecule has 6 heteroatoms. The van der Waals surface area contributed by atoms with Crippen molar-refractivity contribution < 1.29 is 4.39 Å². The van der Waals surface area contributed by atoms with Crippen LogP contribution in [0.5, 0.6) is 0 Å². The molecular formula is C28H30FN5. The van der Waals surface area contributed by atoms with E-state index in [9.17, 15) is 4.39 Å². The lowest BCUT2D eigenvalue weighted by molar-refractivity contribution is 0.459. The number of piperidine rings is 1. The number of rotatable bonds is 4. The van der Waals surface area contributed by atoms with Crippen molar-refractivity contribution in [3.63, 3.8) is 0 Å². The van der Waals surface area contributed by atoms with Gasteiger partial charge in [-0.3, -0.25) is 0 Å². The zero-order valence-electron chi connectivity index (χ0n) is 19.6. The predicted molar refractivity (Wildman–Crippen MR) is 134 cm³/mol. The molecular weight excluding hydrogens is 425 g/mol. The van der Waals surface area contributed by atoms with Crippen LogP contribution in [0, 0.1) is 5.82 Å². The second-order valence-corrected chi connectivity index (χ2v) is 9.93. The van der Waals surface area contributed by atoms with Crippen molar-refractivity contribution in [2.24, 2.45) is 0 Å². The topological polar surface area (TPSA) is 62.7 Å². The van der Waals surface area contributed by atoms with E-state index in [1.165, 1.54) is 54.1 Å². The van der Waals surface area contributed by atoms with E-state index in [1.54, 1.807) is 0 Å². The Hall–Kier alpha value is -3.12. The molecule has 0 bridgehead atoms. The van der Waals surface area contributed by atoms with Gasteiger partial charge in [-0.15, -0.1) is 0 Å². The van der Waals surface area contributed by atoms with E-state index in [0.717, 1.165) is 31.5 Å². The molecule has 0 atom stereocenters. The number of hydrogen-bond donors (Lipinski definition) is 2. The highest BCUT2D eigenvalue weighted by Gasteiger charge is 2.41. The number of halogens is 1. The summed E-state index contributed by atoms with van der Waals surface area (Å²) in [5.41, 5.74) is 6.51. The molecule has 1 saturated heterocycles. The Balaban J connectivity index is 1.26. The number of fused-ring (bicyclic) bond motifs is 2. The van der Waals surface area contributed by atoms with Gasteiger partial charge in [-0.05, 0) is 80.4 Å². The first kappa shape index (κ1) is 21.4. The summed E-state index contributed by atoms with van der Waals surface area (Å²) in [5.74, 6) is 1.15. The second kappa shape index (κ2) is 8.58. The van der Waals surface area contributed by atoms with E-state index in [2.05, 4.69) is 56.8 Å². The third kappa shape index (κ3) is 3.70. The van der Waals surface area contributed by atoms with E-state index < -0.39 is 5.82 Å². The largest absolute Gasteiger partial charge is 0.317 e. The number of nitrogens with one attached hydrogen (secondary N) is 2. The molecule has 1 spiro atoms. The van der Waals surface area contributed by atoms with Crippen LogP contribution in [-0.4, -0.2) is 28.0 Å². The van der Waals surface area contributed by atoms with Gasteiger partial charge in [-0.2, -0.15) is 0 Å². The number of allylic oxidation sites excluding steroid dienone is 1. The highest BCUT2D eigenvalue weighted by molar-refractivity contribution is 5.74. The molecule has 0 unspecified atom stereocenters. The lowest BCUT2D eigenvalue weighted by atomic mass is 9.76. The van der Waals surface area contributed by atoms with Gasteiger partial charge in [-0.1, -0.05) is 42.7 Å². The maximum atomic E-state index is 14.9. The first-order chi connectivity index (χ1) is 16.6. The van der Waals surface area contributed by atoms with Gasteiger partial charge in [-0.25, -0.2) is 19.3 Å². The Bertz CT molecular complexity index is 1240. The van der Waals surface area contributed by atoms with Gasteiger partial charge in [0.1, 0.15) is 11.5 Å². The Morgan fingerprint density at radius 2 is 1.85 bits per heavy atom. The average Bonchev–Trinajstić information content (AvgIpc) is 3.47. The lowest BCUT2D eigenvalue weighted by Gasteiger charge is -2.27. The molecule has 1 saturated carbocycles. The van der Waals surface area contributed by atoms with Gasteiger partial charge in [0.05, 0.1) is 6.20 Å². The Labute approximate surface area is 200 Å². The molecule has 0 amide bonds. The number of anilines is 2. The van der Waals surface area contributed by atoms with Gasteiger partial charge in [0.25, 0.3) is 0 Å². The third-order valence-electron chi connectivity index (χ3n) is 8.01. The van der Waals surface area contributed by atoms with Crippen molar-refractivity contribution >= 4 is 17.8 Å². The highest BCUT2D eigenvalue weighted by Crippen LogP contribution is 2.52. The summed E-state index contributed by atoms with van der Waals surface area (Å²) in [7, 11) is 0. The van der Waals surface area contributed by atoms with E-state index in [0.29, 0.717) is 23.4 Å². The molecule has 3 heterocycles. The Morgan fingerprint density at radius 3 is 2.62 bits per heavy atom. The number of pyridine rings is 1. The fraction of sp³-hybridized carbons (Fsp3) is 0.393. The molecule has 6 rings (SSSR count). The summed E-state index contributed by atoms with van der Waals surface area (Å²) in [6, 6.07) is 10.3. The molecule has 5 nitrogen and oxygen atoms in total. The highest BCUT2D eigenvalue weighted by atomic mass is 19.1. The molecule has 1 aromatic carbocycles. The zero-order valence-corrected chi connectivity index (χ0v) is 19.6. The van der Waals surface area contributed by atoms with Gasteiger partial charge in [0.2, 0.25) is 5.95 Å². The van der Waals surface area contributed by atoms with Crippen LogP contribution in [0.1, 0.15) is 68.1 Å². The summed E-state index contributed by atoms with van der Waals surface area (Å²) < 4.78 is 14.9. The van der Waals surface area contributed by atoms with Gasteiger partial charge in [0.15, 0.2) is 5.82 Å². The summed E-state index contributed by atoms with van der Waals surface area (Å²) in [5, 5.41) is 6.56. The van der Waals surface area contributed by atoms with Crippen LogP contribution in [0.3, 0.4) is 0 Å². The molecule has 1 aliphatic heterocycles. The molecule has 2 fully saturated rings. The third-order valence-corrected chi connectivity index (χ3v) is 8.01. The zero-order chi connectivity index (χ0) is 23.1. The van der Waals surface area contributed by atoms with Crippen LogP contribution in [0.25, 0.3) is 17.3 Å². The smallest absolute Gasteiger partial charge is 0.229 e. The molecule has 0 radical (unpaired) electrons. The molecule has 3 aliphatic rings. The Morgan fingerprint density at radius 1 is 1.03 bits per heavy atom. The second-order valence-electron chi connectivity index (χ2n) is 9.93. The quantitative estimate of drug-likeness (QED) is 0.496. The normalized spacial score (nSPS) is 19.3. The van der Waals surface area contributed by atoms with Crippen molar-refractivity contribution in [2.75, 3.05) is 18.4 Å². The number of nitrogens with zero attached hydrogens (tertiary/aromatic N) is 3. The van der Waals surface area contributed by atoms with E-state index in [-0.39, 0.29) is 5.41 Å². The predicted octanol–water partition coefficient (Wildman–Crippen LogP) is 6.12. The average molecular weight is 456 g/mol. The van der Waals surface area contributed by atoms with Crippen LogP contribution < -0.4 is 10.6 Å². The number of aromatic nitrogens is 3. The lowest BCUT2D eigenvalue weighted by Crippen LogP contribution is -2.26. The van der Waals surface area contributed by atoms with Crippen LogP contribution in [-0.2, 0) is 5.41 Å². The minimum atomic E-state index is -0.414. The summed E-state index contributed by atoms with van der Waals surface area (Å²) in [6.07, 6.45) is 12.6. The van der Waals surface area contributed by atoms with Crippen molar-refractivity contribution in [1.29, 1.82) is 0 Å². The molecule has 174 valence electrons. The SMILES string of the molecule is CC1=Cc2ccc(-c3nc(Nc4ccc(C5CCNCC5)cn4)ncc3F)cc2C12CCCC2. The van der Waals surface area contributed by atoms with Gasteiger partial charge in [0, 0.05) is 17.2 Å².